The van der Waals surface area contributed by atoms with Gasteiger partial charge in [-0.3, -0.25) is 0 Å². The van der Waals surface area contributed by atoms with Crippen LogP contribution in [0.3, 0.4) is 0 Å². The van der Waals surface area contributed by atoms with Gasteiger partial charge < -0.3 is 9.47 Å². The highest BCUT2D eigenvalue weighted by molar-refractivity contribution is 5.43. The van der Waals surface area contributed by atoms with Gasteiger partial charge in [0.05, 0.1) is 6.10 Å². The molecular weight excluding hydrogens is 176 g/mol. The molecule has 2 heteroatoms. The van der Waals surface area contributed by atoms with Gasteiger partial charge in [-0.2, -0.15) is 0 Å². The van der Waals surface area contributed by atoms with Crippen molar-refractivity contribution in [2.24, 2.45) is 0 Å². The van der Waals surface area contributed by atoms with Gasteiger partial charge in [-0.25, -0.2) is 0 Å². The number of hydrogen-bond donors (Lipinski definition) is 0. The molecule has 2 atom stereocenters. The van der Waals surface area contributed by atoms with Crippen LogP contribution in [0.15, 0.2) is 24.3 Å². The molecular formula is C12H14O2. The SMILES string of the molecule is CC1(C)c2ccccc2C2OCOC21. The predicted molar refractivity (Wildman–Crippen MR) is 53.0 cm³/mol. The van der Waals surface area contributed by atoms with Gasteiger partial charge in [-0.15, -0.1) is 0 Å². The lowest BCUT2D eigenvalue weighted by atomic mass is 9.84. The van der Waals surface area contributed by atoms with Crippen molar-refractivity contribution in [3.63, 3.8) is 0 Å². The highest BCUT2D eigenvalue weighted by atomic mass is 16.7. The molecule has 0 N–H and O–H groups in total. The van der Waals surface area contributed by atoms with Crippen molar-refractivity contribution < 1.29 is 9.47 Å². The first-order valence-electron chi connectivity index (χ1n) is 5.04. The van der Waals surface area contributed by atoms with Crippen LogP contribution in [0.5, 0.6) is 0 Å². The van der Waals surface area contributed by atoms with Crippen molar-refractivity contribution in [2.75, 3.05) is 6.79 Å². The molecule has 2 aliphatic rings. The molecule has 0 bridgehead atoms. The van der Waals surface area contributed by atoms with E-state index in [0.29, 0.717) is 6.79 Å². The normalized spacial score (nSPS) is 32.7. The number of ether oxygens (including phenoxy) is 2. The molecule has 0 amide bonds. The summed E-state index contributed by atoms with van der Waals surface area (Å²) in [6.07, 6.45) is 0.348. The van der Waals surface area contributed by atoms with E-state index in [1.165, 1.54) is 11.1 Å². The summed E-state index contributed by atoms with van der Waals surface area (Å²) in [5, 5.41) is 0. The van der Waals surface area contributed by atoms with E-state index in [1.807, 2.05) is 0 Å². The van der Waals surface area contributed by atoms with Gasteiger partial charge in [0.15, 0.2) is 0 Å². The summed E-state index contributed by atoms with van der Waals surface area (Å²) >= 11 is 0. The Hall–Kier alpha value is -0.860. The molecule has 0 radical (unpaired) electrons. The van der Waals surface area contributed by atoms with E-state index in [2.05, 4.69) is 38.1 Å². The molecule has 3 rings (SSSR count). The van der Waals surface area contributed by atoms with Gasteiger partial charge in [0, 0.05) is 5.41 Å². The van der Waals surface area contributed by atoms with Gasteiger partial charge in [0.2, 0.25) is 0 Å². The number of benzene rings is 1. The lowest BCUT2D eigenvalue weighted by Crippen LogP contribution is -2.30. The van der Waals surface area contributed by atoms with Crippen LogP contribution in [-0.4, -0.2) is 12.9 Å². The molecule has 0 saturated carbocycles. The molecule has 1 saturated heterocycles. The van der Waals surface area contributed by atoms with Crippen molar-refractivity contribution >= 4 is 0 Å². The number of fused-ring (bicyclic) bond motifs is 3. The summed E-state index contributed by atoms with van der Waals surface area (Å²) in [6, 6.07) is 8.48. The van der Waals surface area contributed by atoms with Crippen LogP contribution in [0.1, 0.15) is 31.1 Å². The second-order valence-corrected chi connectivity index (χ2v) is 4.60. The summed E-state index contributed by atoms with van der Waals surface area (Å²) < 4.78 is 11.3. The number of hydrogen-bond acceptors (Lipinski definition) is 2. The topological polar surface area (TPSA) is 18.5 Å². The minimum atomic E-state index is 0.0811. The molecule has 1 fully saturated rings. The fraction of sp³-hybridized carbons (Fsp3) is 0.500. The van der Waals surface area contributed by atoms with Crippen molar-refractivity contribution in [3.8, 4) is 0 Å². The van der Waals surface area contributed by atoms with E-state index in [9.17, 15) is 0 Å². The molecule has 14 heavy (non-hydrogen) atoms. The van der Waals surface area contributed by atoms with E-state index in [0.717, 1.165) is 0 Å². The minimum Gasteiger partial charge on any atom is -0.348 e. The van der Waals surface area contributed by atoms with Crippen LogP contribution in [0.4, 0.5) is 0 Å². The molecule has 1 aromatic rings. The average Bonchev–Trinajstić information content (AvgIpc) is 2.72. The lowest BCUT2D eigenvalue weighted by molar-refractivity contribution is 0.0215. The standard InChI is InChI=1S/C12H14O2/c1-12(2)9-6-4-3-5-8(9)10-11(12)14-7-13-10/h3-6,10-11H,7H2,1-2H3. The van der Waals surface area contributed by atoms with E-state index < -0.39 is 0 Å². The molecule has 1 heterocycles. The van der Waals surface area contributed by atoms with Gasteiger partial charge >= 0.3 is 0 Å². The third-order valence-corrected chi connectivity index (χ3v) is 3.44. The Morgan fingerprint density at radius 2 is 2.00 bits per heavy atom. The van der Waals surface area contributed by atoms with Gasteiger partial charge in [-0.05, 0) is 11.1 Å². The summed E-state index contributed by atoms with van der Waals surface area (Å²) in [5.74, 6) is 0. The highest BCUT2D eigenvalue weighted by Crippen LogP contribution is 2.50. The van der Waals surface area contributed by atoms with Gasteiger partial charge in [-0.1, -0.05) is 38.1 Å². The Bertz CT molecular complexity index is 370. The molecule has 0 spiro atoms. The Kier molecular flexibility index (Phi) is 1.56. The van der Waals surface area contributed by atoms with Crippen LogP contribution in [0, 0.1) is 0 Å². The molecule has 1 aromatic carbocycles. The molecule has 1 aliphatic heterocycles. The van der Waals surface area contributed by atoms with Crippen molar-refractivity contribution in [2.45, 2.75) is 31.5 Å². The van der Waals surface area contributed by atoms with Crippen LogP contribution in [-0.2, 0) is 14.9 Å². The second-order valence-electron chi connectivity index (χ2n) is 4.60. The maximum atomic E-state index is 5.65. The fourth-order valence-electron chi connectivity index (χ4n) is 2.69. The largest absolute Gasteiger partial charge is 0.348 e. The van der Waals surface area contributed by atoms with E-state index in [4.69, 9.17) is 9.47 Å². The first-order valence-corrected chi connectivity index (χ1v) is 5.04. The predicted octanol–water partition coefficient (Wildman–Crippen LogP) is 2.39. The third-order valence-electron chi connectivity index (χ3n) is 3.44. The summed E-state index contributed by atoms with van der Waals surface area (Å²) in [5.41, 5.74) is 2.76. The second kappa shape index (κ2) is 2.59. The zero-order valence-electron chi connectivity index (χ0n) is 8.49. The zero-order valence-corrected chi connectivity index (χ0v) is 8.49. The Labute approximate surface area is 83.8 Å². The van der Waals surface area contributed by atoms with Crippen LogP contribution in [0.2, 0.25) is 0 Å². The highest BCUT2D eigenvalue weighted by Gasteiger charge is 2.50. The monoisotopic (exact) mass is 190 g/mol. The maximum absolute atomic E-state index is 5.65. The summed E-state index contributed by atoms with van der Waals surface area (Å²) in [6.45, 7) is 4.89. The minimum absolute atomic E-state index is 0.0811. The Morgan fingerprint density at radius 1 is 1.21 bits per heavy atom. The van der Waals surface area contributed by atoms with Crippen LogP contribution in [0.25, 0.3) is 0 Å². The first kappa shape index (κ1) is 8.45. The van der Waals surface area contributed by atoms with E-state index in [1.54, 1.807) is 0 Å². The fourth-order valence-corrected chi connectivity index (χ4v) is 2.69. The van der Waals surface area contributed by atoms with E-state index >= 15 is 0 Å². The molecule has 1 aliphatic carbocycles. The zero-order chi connectivity index (χ0) is 9.76. The van der Waals surface area contributed by atoms with Crippen molar-refractivity contribution in [1.29, 1.82) is 0 Å². The summed E-state index contributed by atoms with van der Waals surface area (Å²) in [4.78, 5) is 0. The van der Waals surface area contributed by atoms with Crippen molar-refractivity contribution in [3.05, 3.63) is 35.4 Å². The average molecular weight is 190 g/mol. The van der Waals surface area contributed by atoms with Crippen LogP contribution < -0.4 is 0 Å². The summed E-state index contributed by atoms with van der Waals surface area (Å²) in [7, 11) is 0. The molecule has 2 unspecified atom stereocenters. The van der Waals surface area contributed by atoms with Gasteiger partial charge in [0.25, 0.3) is 0 Å². The third kappa shape index (κ3) is 0.877. The van der Waals surface area contributed by atoms with Crippen molar-refractivity contribution in [1.82, 2.24) is 0 Å². The smallest absolute Gasteiger partial charge is 0.148 e. The first-order chi connectivity index (χ1) is 6.71. The Morgan fingerprint density at radius 3 is 2.86 bits per heavy atom. The van der Waals surface area contributed by atoms with Crippen LogP contribution >= 0.6 is 0 Å². The Balaban J connectivity index is 2.20. The van der Waals surface area contributed by atoms with Gasteiger partial charge in [0.1, 0.15) is 12.9 Å². The molecule has 2 nitrogen and oxygen atoms in total. The quantitative estimate of drug-likeness (QED) is 0.625. The van der Waals surface area contributed by atoms with E-state index in [-0.39, 0.29) is 17.6 Å². The molecule has 74 valence electrons. The molecule has 0 aromatic heterocycles. The number of rotatable bonds is 0. The lowest BCUT2D eigenvalue weighted by Gasteiger charge is -2.25. The maximum Gasteiger partial charge on any atom is 0.148 e.